The fraction of sp³-hybridized carbons (Fsp3) is 0.214. The third-order valence-corrected chi connectivity index (χ3v) is 2.17. The Morgan fingerprint density at radius 1 is 1.45 bits per heavy atom. The van der Waals surface area contributed by atoms with Crippen LogP contribution in [0.5, 0.6) is 5.75 Å². The fourth-order valence-corrected chi connectivity index (χ4v) is 1.24. The molecule has 0 aromatic heterocycles. The summed E-state index contributed by atoms with van der Waals surface area (Å²) in [6.07, 6.45) is 0. The van der Waals surface area contributed by atoms with Crippen molar-refractivity contribution < 1.29 is 14.6 Å². The molecule has 1 rings (SSSR count). The standard InChI is InChI=1S/C14H17N3O3/c1-9(2)6-7-10-4-3-5-11(8-10)20-13(17-16)12(15)14(18)19/h3-5,8-9,17H,15-16H2,1-2H3,(H,18,19)/b13-12+. The second-order valence-electron chi connectivity index (χ2n) is 4.25. The van der Waals surface area contributed by atoms with Crippen LogP contribution >= 0.6 is 0 Å². The number of nitrogens with one attached hydrogen (secondary N) is 1. The first-order valence-corrected chi connectivity index (χ1v) is 5.93. The molecule has 0 saturated heterocycles. The van der Waals surface area contributed by atoms with E-state index in [2.05, 4.69) is 17.3 Å². The van der Waals surface area contributed by atoms with Gasteiger partial charge in [-0.05, 0) is 18.2 Å². The Hall–Kier alpha value is -2.65. The predicted molar refractivity (Wildman–Crippen MR) is 75.0 cm³/mol. The molecule has 0 radical (unpaired) electrons. The highest BCUT2D eigenvalue weighted by molar-refractivity contribution is 5.85. The monoisotopic (exact) mass is 275 g/mol. The van der Waals surface area contributed by atoms with Gasteiger partial charge >= 0.3 is 5.97 Å². The largest absolute Gasteiger partial charge is 0.476 e. The molecule has 0 fully saturated rings. The Bertz CT molecular complexity index is 583. The molecule has 0 amide bonds. The topological polar surface area (TPSA) is 111 Å². The number of hydrogen-bond donors (Lipinski definition) is 4. The first-order chi connectivity index (χ1) is 9.43. The summed E-state index contributed by atoms with van der Waals surface area (Å²) in [5.41, 5.74) is 7.70. The Morgan fingerprint density at radius 2 is 2.15 bits per heavy atom. The molecule has 6 N–H and O–H groups in total. The summed E-state index contributed by atoms with van der Waals surface area (Å²) in [5, 5.41) is 8.78. The fourth-order valence-electron chi connectivity index (χ4n) is 1.24. The van der Waals surface area contributed by atoms with Gasteiger partial charge in [0.1, 0.15) is 5.75 Å². The molecular formula is C14H17N3O3. The highest BCUT2D eigenvalue weighted by Crippen LogP contribution is 2.15. The minimum absolute atomic E-state index is 0.230. The lowest BCUT2D eigenvalue weighted by Gasteiger charge is -2.10. The Labute approximate surface area is 117 Å². The van der Waals surface area contributed by atoms with Crippen LogP contribution in [0.3, 0.4) is 0 Å². The van der Waals surface area contributed by atoms with Gasteiger partial charge in [-0.1, -0.05) is 31.8 Å². The number of ether oxygens (including phenoxy) is 1. The number of carboxylic acid groups (broad SMARTS) is 1. The van der Waals surface area contributed by atoms with Crippen LogP contribution in [0.25, 0.3) is 0 Å². The van der Waals surface area contributed by atoms with E-state index in [9.17, 15) is 4.79 Å². The number of rotatable bonds is 4. The molecule has 1 aromatic rings. The van der Waals surface area contributed by atoms with Gasteiger partial charge in [0.15, 0.2) is 5.70 Å². The van der Waals surface area contributed by atoms with E-state index in [0.29, 0.717) is 5.75 Å². The summed E-state index contributed by atoms with van der Waals surface area (Å²) in [5.74, 6) is 10.3. The highest BCUT2D eigenvalue weighted by atomic mass is 16.5. The molecule has 0 saturated carbocycles. The Morgan fingerprint density at radius 3 is 2.70 bits per heavy atom. The van der Waals surface area contributed by atoms with Crippen molar-refractivity contribution >= 4 is 5.97 Å². The average Bonchev–Trinajstić information content (AvgIpc) is 2.42. The van der Waals surface area contributed by atoms with Crippen molar-refractivity contribution in [3.05, 3.63) is 41.4 Å². The zero-order valence-electron chi connectivity index (χ0n) is 11.3. The van der Waals surface area contributed by atoms with E-state index < -0.39 is 11.7 Å². The Balaban J connectivity index is 2.99. The smallest absolute Gasteiger partial charge is 0.357 e. The van der Waals surface area contributed by atoms with Crippen molar-refractivity contribution in [3.8, 4) is 17.6 Å². The summed E-state index contributed by atoms with van der Waals surface area (Å²) in [6, 6.07) is 6.88. The van der Waals surface area contributed by atoms with Gasteiger partial charge in [-0.2, -0.15) is 0 Å². The summed E-state index contributed by atoms with van der Waals surface area (Å²) < 4.78 is 5.30. The van der Waals surface area contributed by atoms with Gasteiger partial charge in [0.25, 0.3) is 0 Å². The molecule has 0 aliphatic rings. The third-order valence-electron chi connectivity index (χ3n) is 2.17. The number of hydrazine groups is 1. The van der Waals surface area contributed by atoms with Crippen molar-refractivity contribution in [2.75, 3.05) is 0 Å². The summed E-state index contributed by atoms with van der Waals surface area (Å²) >= 11 is 0. The second-order valence-corrected chi connectivity index (χ2v) is 4.25. The molecule has 6 heteroatoms. The van der Waals surface area contributed by atoms with Gasteiger partial charge in [-0.25, -0.2) is 10.6 Å². The summed E-state index contributed by atoms with van der Waals surface area (Å²) in [7, 11) is 0. The summed E-state index contributed by atoms with van der Waals surface area (Å²) in [6.45, 7) is 3.97. The van der Waals surface area contributed by atoms with Crippen molar-refractivity contribution in [3.63, 3.8) is 0 Å². The van der Waals surface area contributed by atoms with Crippen LogP contribution in [0.2, 0.25) is 0 Å². The van der Waals surface area contributed by atoms with E-state index >= 15 is 0 Å². The van der Waals surface area contributed by atoms with Crippen LogP contribution in [0.1, 0.15) is 19.4 Å². The van der Waals surface area contributed by atoms with Crippen molar-refractivity contribution in [1.82, 2.24) is 5.43 Å². The van der Waals surface area contributed by atoms with Gasteiger partial charge in [0.2, 0.25) is 5.88 Å². The molecule has 0 spiro atoms. The van der Waals surface area contributed by atoms with E-state index in [1.54, 1.807) is 18.2 Å². The molecule has 0 bridgehead atoms. The van der Waals surface area contributed by atoms with Gasteiger partial charge < -0.3 is 15.6 Å². The maximum Gasteiger partial charge on any atom is 0.357 e. The quantitative estimate of drug-likeness (QED) is 0.212. The lowest BCUT2D eigenvalue weighted by molar-refractivity contribution is -0.132. The minimum Gasteiger partial charge on any atom is -0.476 e. The number of carbonyl (C=O) groups is 1. The maximum absolute atomic E-state index is 10.8. The molecular weight excluding hydrogens is 258 g/mol. The second kappa shape index (κ2) is 7.07. The van der Waals surface area contributed by atoms with Gasteiger partial charge in [-0.3, -0.25) is 5.43 Å². The van der Waals surface area contributed by atoms with E-state index in [0.717, 1.165) is 5.56 Å². The molecule has 0 aliphatic heterocycles. The SMILES string of the molecule is CC(C)C#Cc1cccc(O/C(NN)=C(/N)C(=O)O)c1. The lowest BCUT2D eigenvalue weighted by Crippen LogP contribution is -2.31. The molecule has 6 nitrogen and oxygen atoms in total. The first-order valence-electron chi connectivity index (χ1n) is 5.93. The van der Waals surface area contributed by atoms with Crippen molar-refractivity contribution in [1.29, 1.82) is 0 Å². The van der Waals surface area contributed by atoms with Gasteiger partial charge in [0, 0.05) is 11.5 Å². The van der Waals surface area contributed by atoms with E-state index in [1.165, 1.54) is 0 Å². The van der Waals surface area contributed by atoms with E-state index in [1.807, 2.05) is 19.9 Å². The highest BCUT2D eigenvalue weighted by Gasteiger charge is 2.12. The zero-order chi connectivity index (χ0) is 15.1. The molecule has 1 aromatic carbocycles. The van der Waals surface area contributed by atoms with Crippen LogP contribution in [-0.4, -0.2) is 11.1 Å². The van der Waals surface area contributed by atoms with Crippen molar-refractivity contribution in [2.45, 2.75) is 13.8 Å². The van der Waals surface area contributed by atoms with Gasteiger partial charge in [-0.15, -0.1) is 0 Å². The molecule has 20 heavy (non-hydrogen) atoms. The molecule has 106 valence electrons. The number of hydrogen-bond acceptors (Lipinski definition) is 5. The van der Waals surface area contributed by atoms with Crippen LogP contribution < -0.4 is 21.7 Å². The number of aliphatic carboxylic acids is 1. The molecule has 0 heterocycles. The number of carboxylic acids is 1. The lowest BCUT2D eigenvalue weighted by atomic mass is 10.1. The van der Waals surface area contributed by atoms with Crippen LogP contribution in [0.15, 0.2) is 35.8 Å². The number of benzene rings is 1. The molecule has 0 aliphatic carbocycles. The van der Waals surface area contributed by atoms with Crippen LogP contribution in [0, 0.1) is 17.8 Å². The normalized spacial score (nSPS) is 11.2. The van der Waals surface area contributed by atoms with Gasteiger partial charge in [0.05, 0.1) is 0 Å². The van der Waals surface area contributed by atoms with E-state index in [4.69, 9.17) is 21.4 Å². The van der Waals surface area contributed by atoms with Crippen LogP contribution in [-0.2, 0) is 4.79 Å². The van der Waals surface area contributed by atoms with Crippen LogP contribution in [0.4, 0.5) is 0 Å². The maximum atomic E-state index is 10.8. The minimum atomic E-state index is -1.33. The average molecular weight is 275 g/mol. The van der Waals surface area contributed by atoms with E-state index in [-0.39, 0.29) is 11.8 Å². The summed E-state index contributed by atoms with van der Waals surface area (Å²) in [4.78, 5) is 10.8. The first kappa shape index (κ1) is 15.4. The third kappa shape index (κ3) is 4.55. The molecule has 0 atom stereocenters. The number of nitrogens with two attached hydrogens (primary N) is 2. The molecule has 0 unspecified atom stereocenters. The Kier molecular flexibility index (Phi) is 5.44. The zero-order valence-corrected chi connectivity index (χ0v) is 11.3. The van der Waals surface area contributed by atoms with Crippen molar-refractivity contribution in [2.24, 2.45) is 17.5 Å². The predicted octanol–water partition coefficient (Wildman–Crippen LogP) is 0.749.